The van der Waals surface area contributed by atoms with Gasteiger partial charge in [-0.1, -0.05) is 13.8 Å². The third-order valence-corrected chi connectivity index (χ3v) is 2.68. The average molecular weight is 277 g/mol. The molecule has 0 saturated carbocycles. The molecule has 0 bridgehead atoms. The molecule has 1 aromatic rings. The fourth-order valence-corrected chi connectivity index (χ4v) is 1.57. The van der Waals surface area contributed by atoms with E-state index in [2.05, 4.69) is 15.3 Å². The van der Waals surface area contributed by atoms with Crippen molar-refractivity contribution in [1.82, 2.24) is 9.97 Å². The summed E-state index contributed by atoms with van der Waals surface area (Å²) in [5, 5.41) is 11.6. The van der Waals surface area contributed by atoms with Crippen molar-refractivity contribution >= 4 is 5.95 Å². The molecule has 1 aromatic heterocycles. The lowest BCUT2D eigenvalue weighted by molar-refractivity contribution is -0.141. The summed E-state index contributed by atoms with van der Waals surface area (Å²) >= 11 is 0. The standard InChI is InChI=1S/C12H18F3N3O/c1-11(2,5-3-7-19)8-17-10-16-6-4-9(18-10)12(13,14)15/h4,6,19H,3,5,7-8H2,1-2H3,(H,16,17,18). The highest BCUT2D eigenvalue weighted by molar-refractivity contribution is 5.26. The van der Waals surface area contributed by atoms with Gasteiger partial charge in [0.1, 0.15) is 5.69 Å². The molecule has 0 amide bonds. The molecule has 0 atom stereocenters. The molecule has 1 rings (SSSR count). The molecule has 0 aliphatic rings. The predicted octanol–water partition coefficient (Wildman–Crippen LogP) is 2.71. The van der Waals surface area contributed by atoms with Crippen LogP contribution in [0.25, 0.3) is 0 Å². The molecule has 0 saturated heterocycles. The Morgan fingerprint density at radius 1 is 1.32 bits per heavy atom. The molecule has 0 aliphatic carbocycles. The smallest absolute Gasteiger partial charge is 0.396 e. The maximum Gasteiger partial charge on any atom is 0.433 e. The van der Waals surface area contributed by atoms with Gasteiger partial charge in [0.05, 0.1) is 0 Å². The second-order valence-electron chi connectivity index (χ2n) is 5.11. The zero-order valence-electron chi connectivity index (χ0n) is 11.0. The third-order valence-electron chi connectivity index (χ3n) is 2.68. The zero-order chi connectivity index (χ0) is 14.5. The van der Waals surface area contributed by atoms with E-state index in [1.54, 1.807) is 0 Å². The Hall–Kier alpha value is -1.37. The van der Waals surface area contributed by atoms with Crippen LogP contribution in [-0.4, -0.2) is 28.2 Å². The number of alkyl halides is 3. The topological polar surface area (TPSA) is 58.0 Å². The van der Waals surface area contributed by atoms with Gasteiger partial charge in [-0.25, -0.2) is 9.97 Å². The Morgan fingerprint density at radius 3 is 2.58 bits per heavy atom. The first-order chi connectivity index (χ1) is 8.74. The fraction of sp³-hybridized carbons (Fsp3) is 0.667. The number of halogens is 3. The third kappa shape index (κ3) is 5.42. The van der Waals surface area contributed by atoms with Crippen LogP contribution in [0.1, 0.15) is 32.4 Å². The Kier molecular flexibility index (Phi) is 5.11. The molecule has 0 spiro atoms. The van der Waals surface area contributed by atoms with Crippen molar-refractivity contribution in [3.05, 3.63) is 18.0 Å². The first-order valence-corrected chi connectivity index (χ1v) is 5.99. The van der Waals surface area contributed by atoms with Gasteiger partial charge in [0.15, 0.2) is 0 Å². The lowest BCUT2D eigenvalue weighted by atomic mass is 9.88. The molecule has 0 fully saturated rings. The van der Waals surface area contributed by atoms with Gasteiger partial charge in [0.25, 0.3) is 0 Å². The van der Waals surface area contributed by atoms with Crippen LogP contribution in [0.5, 0.6) is 0 Å². The quantitative estimate of drug-likeness (QED) is 0.839. The van der Waals surface area contributed by atoms with Crippen molar-refractivity contribution < 1.29 is 18.3 Å². The molecular weight excluding hydrogens is 259 g/mol. The van der Waals surface area contributed by atoms with E-state index in [0.717, 1.165) is 18.7 Å². The second-order valence-corrected chi connectivity index (χ2v) is 5.11. The summed E-state index contributed by atoms with van der Waals surface area (Å²) in [4.78, 5) is 7.20. The largest absolute Gasteiger partial charge is 0.433 e. The van der Waals surface area contributed by atoms with Gasteiger partial charge in [0.2, 0.25) is 5.95 Å². The van der Waals surface area contributed by atoms with Gasteiger partial charge in [-0.15, -0.1) is 0 Å². The van der Waals surface area contributed by atoms with E-state index in [9.17, 15) is 13.2 Å². The number of aliphatic hydroxyl groups excluding tert-OH is 1. The van der Waals surface area contributed by atoms with Crippen LogP contribution in [0.3, 0.4) is 0 Å². The Balaban J connectivity index is 2.63. The van der Waals surface area contributed by atoms with Crippen molar-refractivity contribution in [1.29, 1.82) is 0 Å². The average Bonchev–Trinajstić information content (AvgIpc) is 2.34. The van der Waals surface area contributed by atoms with Crippen molar-refractivity contribution in [2.45, 2.75) is 32.9 Å². The van der Waals surface area contributed by atoms with Gasteiger partial charge >= 0.3 is 6.18 Å². The van der Waals surface area contributed by atoms with Crippen LogP contribution >= 0.6 is 0 Å². The number of aliphatic hydroxyl groups is 1. The lowest BCUT2D eigenvalue weighted by Gasteiger charge is -2.24. The molecule has 1 heterocycles. The summed E-state index contributed by atoms with van der Waals surface area (Å²) in [7, 11) is 0. The van der Waals surface area contributed by atoms with Crippen molar-refractivity contribution in [3.63, 3.8) is 0 Å². The SMILES string of the molecule is CC(C)(CCCO)CNc1nccc(C(F)(F)F)n1. The number of nitrogens with zero attached hydrogens (tertiary/aromatic N) is 2. The summed E-state index contributed by atoms with van der Waals surface area (Å²) in [6, 6.07) is 0.835. The minimum absolute atomic E-state index is 0.0353. The number of hydrogen-bond acceptors (Lipinski definition) is 4. The number of aromatic nitrogens is 2. The van der Waals surface area contributed by atoms with Crippen molar-refractivity contribution in [2.24, 2.45) is 5.41 Å². The van der Waals surface area contributed by atoms with E-state index in [1.165, 1.54) is 0 Å². The Bertz CT molecular complexity index is 407. The van der Waals surface area contributed by atoms with Crippen LogP contribution in [0.2, 0.25) is 0 Å². The van der Waals surface area contributed by atoms with Gasteiger partial charge in [-0.05, 0) is 24.3 Å². The molecule has 0 unspecified atom stereocenters. The van der Waals surface area contributed by atoms with E-state index in [-0.39, 0.29) is 18.0 Å². The Morgan fingerprint density at radius 2 is 2.00 bits per heavy atom. The second kappa shape index (κ2) is 6.18. The van der Waals surface area contributed by atoms with Crippen LogP contribution < -0.4 is 5.32 Å². The minimum atomic E-state index is -4.47. The maximum absolute atomic E-state index is 12.5. The van der Waals surface area contributed by atoms with Crippen LogP contribution in [0.4, 0.5) is 19.1 Å². The van der Waals surface area contributed by atoms with E-state index in [4.69, 9.17) is 5.11 Å². The van der Waals surface area contributed by atoms with E-state index in [1.807, 2.05) is 13.8 Å². The highest BCUT2D eigenvalue weighted by Gasteiger charge is 2.32. The predicted molar refractivity (Wildman–Crippen MR) is 65.6 cm³/mol. The normalized spacial score (nSPS) is 12.5. The van der Waals surface area contributed by atoms with Crippen LogP contribution in [-0.2, 0) is 6.18 Å². The van der Waals surface area contributed by atoms with Crippen LogP contribution in [0.15, 0.2) is 12.3 Å². The zero-order valence-corrected chi connectivity index (χ0v) is 11.0. The van der Waals surface area contributed by atoms with Crippen LogP contribution in [0, 0.1) is 5.41 Å². The number of nitrogens with one attached hydrogen (secondary N) is 1. The van der Waals surface area contributed by atoms with E-state index in [0.29, 0.717) is 13.0 Å². The highest BCUT2D eigenvalue weighted by atomic mass is 19.4. The van der Waals surface area contributed by atoms with Gasteiger partial charge in [-0.3, -0.25) is 0 Å². The summed E-state index contributed by atoms with van der Waals surface area (Å²) in [5.41, 5.74) is -1.11. The first-order valence-electron chi connectivity index (χ1n) is 5.99. The summed E-state index contributed by atoms with van der Waals surface area (Å²) < 4.78 is 37.4. The van der Waals surface area contributed by atoms with E-state index >= 15 is 0 Å². The van der Waals surface area contributed by atoms with E-state index < -0.39 is 11.9 Å². The molecule has 0 radical (unpaired) electrons. The molecule has 4 nitrogen and oxygen atoms in total. The van der Waals surface area contributed by atoms with Crippen molar-refractivity contribution in [2.75, 3.05) is 18.5 Å². The van der Waals surface area contributed by atoms with Gasteiger partial charge < -0.3 is 10.4 Å². The first kappa shape index (κ1) is 15.7. The molecule has 7 heteroatoms. The number of hydrogen-bond donors (Lipinski definition) is 2. The summed E-state index contributed by atoms with van der Waals surface area (Å²) in [6.07, 6.45) is -1.97. The van der Waals surface area contributed by atoms with Gasteiger partial charge in [0, 0.05) is 19.3 Å². The van der Waals surface area contributed by atoms with Crippen molar-refractivity contribution in [3.8, 4) is 0 Å². The molecule has 0 aromatic carbocycles. The minimum Gasteiger partial charge on any atom is -0.396 e. The summed E-state index contributed by atoms with van der Waals surface area (Å²) in [6.45, 7) is 4.46. The highest BCUT2D eigenvalue weighted by Crippen LogP contribution is 2.28. The molecule has 0 aliphatic heterocycles. The molecule has 108 valence electrons. The van der Waals surface area contributed by atoms with Gasteiger partial charge in [-0.2, -0.15) is 13.2 Å². The molecular formula is C12H18F3N3O. The summed E-state index contributed by atoms with van der Waals surface area (Å²) in [5.74, 6) is -0.0353. The molecule has 19 heavy (non-hydrogen) atoms. The monoisotopic (exact) mass is 277 g/mol. The molecule has 2 N–H and O–H groups in total. The fourth-order valence-electron chi connectivity index (χ4n) is 1.57. The number of rotatable bonds is 6. The Labute approximate surface area is 110 Å². The lowest BCUT2D eigenvalue weighted by Crippen LogP contribution is -2.24. The number of anilines is 1. The maximum atomic E-state index is 12.5.